The molecule has 1 heterocycles. The van der Waals surface area contributed by atoms with Crippen molar-refractivity contribution in [2.45, 2.75) is 11.3 Å². The lowest BCUT2D eigenvalue weighted by Gasteiger charge is -2.27. The molecule has 0 saturated carbocycles. The molecule has 0 unspecified atom stereocenters. The van der Waals surface area contributed by atoms with Crippen molar-refractivity contribution in [1.82, 2.24) is 14.9 Å². The van der Waals surface area contributed by atoms with Gasteiger partial charge in [-0.05, 0) is 25.1 Å². The first-order valence-corrected chi connectivity index (χ1v) is 8.25. The molecule has 0 atom stereocenters. The van der Waals surface area contributed by atoms with Crippen molar-refractivity contribution in [3.05, 3.63) is 30.1 Å². The summed E-state index contributed by atoms with van der Waals surface area (Å²) in [6, 6.07) is 5.40. The van der Waals surface area contributed by atoms with Gasteiger partial charge in [0, 0.05) is 32.7 Å². The predicted molar refractivity (Wildman–Crippen MR) is 90.0 cm³/mol. The number of sulfonamides is 1. The standard InChI is InChI=1S/C13H20FN3O2S.2ClH/c14-12-4-1-2-5-13(12)20(18,19)16-6-3-9-17-10-7-15-8-11-17;;/h1-2,4-5,15-16H,3,6-11H2;2*1H. The highest BCUT2D eigenvalue weighted by Crippen LogP contribution is 2.12. The van der Waals surface area contributed by atoms with E-state index in [0.29, 0.717) is 13.0 Å². The van der Waals surface area contributed by atoms with E-state index in [9.17, 15) is 12.8 Å². The first kappa shape index (κ1) is 21.6. The quantitative estimate of drug-likeness (QED) is 0.736. The van der Waals surface area contributed by atoms with Crippen molar-refractivity contribution in [3.8, 4) is 0 Å². The molecule has 0 bridgehead atoms. The van der Waals surface area contributed by atoms with Crippen LogP contribution in [0.1, 0.15) is 6.42 Å². The van der Waals surface area contributed by atoms with Gasteiger partial charge in [-0.3, -0.25) is 0 Å². The summed E-state index contributed by atoms with van der Waals surface area (Å²) in [6.45, 7) is 5.09. The molecule has 22 heavy (non-hydrogen) atoms. The van der Waals surface area contributed by atoms with E-state index >= 15 is 0 Å². The van der Waals surface area contributed by atoms with Crippen LogP contribution in [0.2, 0.25) is 0 Å². The highest BCUT2D eigenvalue weighted by atomic mass is 35.5. The average molecular weight is 374 g/mol. The maximum absolute atomic E-state index is 13.5. The lowest BCUT2D eigenvalue weighted by Crippen LogP contribution is -2.44. The minimum Gasteiger partial charge on any atom is -0.314 e. The molecule has 1 aromatic carbocycles. The second-order valence-electron chi connectivity index (χ2n) is 4.77. The van der Waals surface area contributed by atoms with Gasteiger partial charge < -0.3 is 10.2 Å². The van der Waals surface area contributed by atoms with Crippen molar-refractivity contribution in [2.24, 2.45) is 0 Å². The van der Waals surface area contributed by atoms with Gasteiger partial charge in [-0.1, -0.05) is 12.1 Å². The van der Waals surface area contributed by atoms with Crippen LogP contribution >= 0.6 is 24.8 Å². The predicted octanol–water partition coefficient (Wildman–Crippen LogP) is 1.24. The van der Waals surface area contributed by atoms with Gasteiger partial charge in [-0.25, -0.2) is 17.5 Å². The van der Waals surface area contributed by atoms with Crippen LogP contribution in [0.4, 0.5) is 4.39 Å². The van der Waals surface area contributed by atoms with E-state index in [0.717, 1.165) is 38.8 Å². The van der Waals surface area contributed by atoms with Crippen LogP contribution in [0.5, 0.6) is 0 Å². The largest absolute Gasteiger partial charge is 0.314 e. The molecule has 1 aromatic rings. The van der Waals surface area contributed by atoms with Crippen LogP contribution in [-0.4, -0.2) is 52.6 Å². The molecule has 2 N–H and O–H groups in total. The first-order chi connectivity index (χ1) is 9.59. The van der Waals surface area contributed by atoms with Crippen molar-refractivity contribution in [3.63, 3.8) is 0 Å². The molecule has 5 nitrogen and oxygen atoms in total. The topological polar surface area (TPSA) is 61.4 Å². The van der Waals surface area contributed by atoms with Crippen molar-refractivity contribution >= 4 is 34.8 Å². The molecule has 1 saturated heterocycles. The maximum Gasteiger partial charge on any atom is 0.243 e. The number of rotatable bonds is 6. The van der Waals surface area contributed by atoms with Gasteiger partial charge in [0.2, 0.25) is 10.0 Å². The summed E-state index contributed by atoms with van der Waals surface area (Å²) in [5.74, 6) is -0.720. The van der Waals surface area contributed by atoms with Crippen molar-refractivity contribution in [1.29, 1.82) is 0 Å². The Morgan fingerprint density at radius 1 is 1.18 bits per heavy atom. The Labute approximate surface area is 143 Å². The third-order valence-corrected chi connectivity index (χ3v) is 4.77. The molecule has 9 heteroatoms. The first-order valence-electron chi connectivity index (χ1n) is 6.77. The van der Waals surface area contributed by atoms with Gasteiger partial charge in [0.15, 0.2) is 0 Å². The van der Waals surface area contributed by atoms with Crippen LogP contribution < -0.4 is 10.0 Å². The molecule has 1 fully saturated rings. The van der Waals surface area contributed by atoms with Crippen molar-refractivity contribution < 1.29 is 12.8 Å². The summed E-state index contributed by atoms with van der Waals surface area (Å²) in [4.78, 5) is 2.00. The maximum atomic E-state index is 13.5. The van der Waals surface area contributed by atoms with Crippen LogP contribution in [-0.2, 0) is 10.0 Å². The molecule has 0 spiro atoms. The van der Waals surface area contributed by atoms with Crippen LogP contribution in [0.15, 0.2) is 29.2 Å². The summed E-state index contributed by atoms with van der Waals surface area (Å²) in [7, 11) is -3.75. The van der Waals surface area contributed by atoms with Gasteiger partial charge >= 0.3 is 0 Å². The number of hydrogen-bond acceptors (Lipinski definition) is 4. The number of halogens is 3. The zero-order valence-electron chi connectivity index (χ0n) is 12.1. The second-order valence-corrected chi connectivity index (χ2v) is 6.51. The molecule has 0 radical (unpaired) electrons. The number of nitrogens with zero attached hydrogens (tertiary/aromatic N) is 1. The third kappa shape index (κ3) is 6.36. The van der Waals surface area contributed by atoms with Gasteiger partial charge in [-0.2, -0.15) is 0 Å². The Bertz CT molecular complexity index is 540. The van der Waals surface area contributed by atoms with Gasteiger partial charge in [0.25, 0.3) is 0 Å². The van der Waals surface area contributed by atoms with Crippen molar-refractivity contribution in [2.75, 3.05) is 39.3 Å². The van der Waals surface area contributed by atoms with E-state index in [1.165, 1.54) is 18.2 Å². The van der Waals surface area contributed by atoms with Crippen LogP contribution in [0, 0.1) is 5.82 Å². The molecular weight excluding hydrogens is 352 g/mol. The van der Waals surface area contributed by atoms with Gasteiger partial charge in [0.1, 0.15) is 10.7 Å². The Hall–Kier alpha value is -0.440. The summed E-state index contributed by atoms with van der Waals surface area (Å²) in [6.07, 6.45) is 0.716. The molecule has 0 amide bonds. The summed E-state index contributed by atoms with van der Waals surface area (Å²) in [5, 5.41) is 3.26. The normalized spacial score (nSPS) is 15.7. The number of benzene rings is 1. The highest BCUT2D eigenvalue weighted by Gasteiger charge is 2.17. The van der Waals surface area contributed by atoms with Gasteiger partial charge in [-0.15, -0.1) is 24.8 Å². The van der Waals surface area contributed by atoms with E-state index in [4.69, 9.17) is 0 Å². The molecule has 0 aromatic heterocycles. The third-order valence-electron chi connectivity index (χ3n) is 3.28. The van der Waals surface area contributed by atoms with Crippen LogP contribution in [0.3, 0.4) is 0 Å². The van der Waals surface area contributed by atoms with E-state index in [-0.39, 0.29) is 29.7 Å². The SMILES string of the molecule is Cl.Cl.O=S(=O)(NCCCN1CCNCC1)c1ccccc1F. The molecule has 1 aliphatic heterocycles. The monoisotopic (exact) mass is 373 g/mol. The van der Waals surface area contributed by atoms with Crippen LogP contribution in [0.25, 0.3) is 0 Å². The number of hydrogen-bond donors (Lipinski definition) is 2. The Morgan fingerprint density at radius 3 is 2.45 bits per heavy atom. The zero-order chi connectivity index (χ0) is 14.4. The lowest BCUT2D eigenvalue weighted by molar-refractivity contribution is 0.239. The minimum atomic E-state index is -3.75. The Kier molecular flexibility index (Phi) is 10.1. The fourth-order valence-corrected chi connectivity index (χ4v) is 3.34. The van der Waals surface area contributed by atoms with Gasteiger partial charge in [0.05, 0.1) is 0 Å². The van der Waals surface area contributed by atoms with E-state index < -0.39 is 15.8 Å². The molecule has 0 aliphatic carbocycles. The smallest absolute Gasteiger partial charge is 0.243 e. The average Bonchev–Trinajstić information content (AvgIpc) is 2.45. The number of piperazine rings is 1. The molecule has 1 aliphatic rings. The van der Waals surface area contributed by atoms with E-state index in [1.54, 1.807) is 0 Å². The minimum absolute atomic E-state index is 0. The summed E-state index contributed by atoms with van der Waals surface area (Å²) >= 11 is 0. The molecule has 2 rings (SSSR count). The Morgan fingerprint density at radius 2 is 1.82 bits per heavy atom. The second kappa shape index (κ2) is 10.4. The molecule has 128 valence electrons. The summed E-state index contributed by atoms with van der Waals surface area (Å²) in [5.41, 5.74) is 0. The fraction of sp³-hybridized carbons (Fsp3) is 0.538. The van der Waals surface area contributed by atoms with E-state index in [2.05, 4.69) is 14.9 Å². The number of nitrogens with one attached hydrogen (secondary N) is 2. The highest BCUT2D eigenvalue weighted by molar-refractivity contribution is 7.89. The molecular formula is C13H22Cl2FN3O2S. The zero-order valence-corrected chi connectivity index (χ0v) is 14.6. The lowest BCUT2D eigenvalue weighted by atomic mass is 10.3. The Balaban J connectivity index is 0.00000220. The van der Waals surface area contributed by atoms with E-state index in [1.807, 2.05) is 0 Å². The summed E-state index contributed by atoms with van der Waals surface area (Å²) < 4.78 is 39.8. The fourth-order valence-electron chi connectivity index (χ4n) is 2.18.